The number of H-pyrrole nitrogens is 1. The summed E-state index contributed by atoms with van der Waals surface area (Å²) in [5.41, 5.74) is 7.66. The van der Waals surface area contributed by atoms with Crippen molar-refractivity contribution in [1.82, 2.24) is 19.9 Å². The molecule has 3 aromatic rings. The van der Waals surface area contributed by atoms with Gasteiger partial charge in [-0.2, -0.15) is 21.3 Å². The third-order valence-corrected chi connectivity index (χ3v) is 3.40. The highest BCUT2D eigenvalue weighted by atomic mass is 32.1. The molecule has 0 spiro atoms. The summed E-state index contributed by atoms with van der Waals surface area (Å²) in [5, 5.41) is 16.9. The van der Waals surface area contributed by atoms with Gasteiger partial charge in [0.1, 0.15) is 5.52 Å². The molecule has 3 rings (SSSR count). The van der Waals surface area contributed by atoms with Crippen LogP contribution in [0.25, 0.3) is 11.2 Å². The first-order valence-electron chi connectivity index (χ1n) is 5.64. The number of thiophene rings is 1. The lowest BCUT2D eigenvalue weighted by molar-refractivity contribution is 0.192. The Balaban J connectivity index is 1.80. The van der Waals surface area contributed by atoms with Crippen molar-refractivity contribution in [2.75, 3.05) is 17.6 Å². The molecule has 0 saturated heterocycles. The Hall–Kier alpha value is -2.19. The standard InChI is InChI=1S/C11H12N6OS/c12-11-16-9(8-10(17-11)15-5-14-8)13-3-7(18)6-1-2-19-4-6/h1-2,4-5,7,18H,3H2,(H4,12,13,14,15,16,17). The van der Waals surface area contributed by atoms with Crippen LogP contribution < -0.4 is 11.1 Å². The average molecular weight is 276 g/mol. The predicted octanol–water partition coefficient (Wildman–Crippen LogP) is 1.14. The molecule has 1 atom stereocenters. The molecule has 0 bridgehead atoms. The van der Waals surface area contributed by atoms with Crippen LogP contribution in [-0.4, -0.2) is 31.6 Å². The third-order valence-electron chi connectivity index (χ3n) is 2.69. The zero-order valence-corrected chi connectivity index (χ0v) is 10.7. The summed E-state index contributed by atoms with van der Waals surface area (Å²) in [5.74, 6) is 0.682. The molecule has 0 aliphatic heterocycles. The minimum atomic E-state index is -0.597. The second-order valence-electron chi connectivity index (χ2n) is 3.98. The number of fused-ring (bicyclic) bond motifs is 1. The maximum Gasteiger partial charge on any atom is 0.224 e. The number of rotatable bonds is 4. The minimum Gasteiger partial charge on any atom is -0.387 e. The number of aromatic nitrogens is 4. The molecule has 0 fully saturated rings. The molecule has 0 amide bonds. The van der Waals surface area contributed by atoms with Crippen molar-refractivity contribution in [2.24, 2.45) is 0 Å². The van der Waals surface area contributed by atoms with E-state index in [4.69, 9.17) is 5.73 Å². The van der Waals surface area contributed by atoms with Crippen LogP contribution in [-0.2, 0) is 0 Å². The Kier molecular flexibility index (Phi) is 3.02. The molecule has 0 aromatic carbocycles. The van der Waals surface area contributed by atoms with Crippen LogP contribution in [0.15, 0.2) is 23.2 Å². The third kappa shape index (κ3) is 2.35. The number of imidazole rings is 1. The summed E-state index contributed by atoms with van der Waals surface area (Å²) in [6, 6.07) is 1.89. The lowest BCUT2D eigenvalue weighted by Gasteiger charge is -2.11. The second-order valence-corrected chi connectivity index (χ2v) is 4.76. The van der Waals surface area contributed by atoms with Gasteiger partial charge in [-0.15, -0.1) is 0 Å². The zero-order valence-electron chi connectivity index (χ0n) is 9.87. The number of aromatic amines is 1. The van der Waals surface area contributed by atoms with Crippen molar-refractivity contribution in [2.45, 2.75) is 6.10 Å². The minimum absolute atomic E-state index is 0.145. The molecule has 98 valence electrons. The Morgan fingerprint density at radius 2 is 2.37 bits per heavy atom. The summed E-state index contributed by atoms with van der Waals surface area (Å²) in [6.45, 7) is 0.335. The SMILES string of the molecule is Nc1nc(NCC(O)c2ccsc2)c2[nH]cnc2n1. The van der Waals surface area contributed by atoms with Gasteiger partial charge >= 0.3 is 0 Å². The number of nitrogens with zero attached hydrogens (tertiary/aromatic N) is 3. The molecule has 8 heteroatoms. The van der Waals surface area contributed by atoms with E-state index in [-0.39, 0.29) is 5.95 Å². The number of hydrogen-bond acceptors (Lipinski definition) is 7. The van der Waals surface area contributed by atoms with Gasteiger partial charge in [-0.25, -0.2) is 4.98 Å². The molecular weight excluding hydrogens is 264 g/mol. The number of anilines is 2. The Morgan fingerprint density at radius 3 is 3.16 bits per heavy atom. The van der Waals surface area contributed by atoms with Crippen LogP contribution in [0.1, 0.15) is 11.7 Å². The normalized spacial score (nSPS) is 12.7. The smallest absolute Gasteiger partial charge is 0.224 e. The predicted molar refractivity (Wildman–Crippen MR) is 73.9 cm³/mol. The monoisotopic (exact) mass is 276 g/mol. The molecule has 0 aliphatic rings. The molecule has 3 aromatic heterocycles. The first-order valence-corrected chi connectivity index (χ1v) is 6.59. The van der Waals surface area contributed by atoms with Gasteiger partial charge in [-0.05, 0) is 22.4 Å². The van der Waals surface area contributed by atoms with Crippen LogP contribution in [0.5, 0.6) is 0 Å². The largest absolute Gasteiger partial charge is 0.387 e. The van der Waals surface area contributed by atoms with Gasteiger partial charge in [0.2, 0.25) is 5.95 Å². The summed E-state index contributed by atoms with van der Waals surface area (Å²) in [4.78, 5) is 15.1. The van der Waals surface area contributed by atoms with Crippen molar-refractivity contribution in [3.63, 3.8) is 0 Å². The van der Waals surface area contributed by atoms with Crippen molar-refractivity contribution in [3.8, 4) is 0 Å². The fourth-order valence-corrected chi connectivity index (χ4v) is 2.46. The van der Waals surface area contributed by atoms with Gasteiger partial charge in [0.15, 0.2) is 11.5 Å². The topological polar surface area (TPSA) is 113 Å². The van der Waals surface area contributed by atoms with Gasteiger partial charge in [-0.3, -0.25) is 0 Å². The molecule has 3 heterocycles. The second kappa shape index (κ2) is 4.82. The van der Waals surface area contributed by atoms with Gasteiger partial charge in [-0.1, -0.05) is 0 Å². The van der Waals surface area contributed by atoms with Crippen molar-refractivity contribution < 1.29 is 5.11 Å². The van der Waals surface area contributed by atoms with E-state index in [0.29, 0.717) is 23.5 Å². The highest BCUT2D eigenvalue weighted by Crippen LogP contribution is 2.20. The quantitative estimate of drug-likeness (QED) is 0.568. The Labute approximate surface area is 112 Å². The fraction of sp³-hybridized carbons (Fsp3) is 0.182. The first kappa shape index (κ1) is 11.9. The van der Waals surface area contributed by atoms with Crippen LogP contribution in [0, 0.1) is 0 Å². The van der Waals surface area contributed by atoms with Crippen LogP contribution in [0.4, 0.5) is 11.8 Å². The van der Waals surface area contributed by atoms with Crippen molar-refractivity contribution in [1.29, 1.82) is 0 Å². The van der Waals surface area contributed by atoms with E-state index < -0.39 is 6.10 Å². The van der Waals surface area contributed by atoms with E-state index >= 15 is 0 Å². The van der Waals surface area contributed by atoms with Crippen LogP contribution in [0.3, 0.4) is 0 Å². The maximum absolute atomic E-state index is 10.0. The summed E-state index contributed by atoms with van der Waals surface area (Å²) in [6.07, 6.45) is 0.930. The van der Waals surface area contributed by atoms with Gasteiger partial charge in [0, 0.05) is 6.54 Å². The molecule has 7 nitrogen and oxygen atoms in total. The highest BCUT2D eigenvalue weighted by Gasteiger charge is 2.11. The lowest BCUT2D eigenvalue weighted by Crippen LogP contribution is -2.13. The maximum atomic E-state index is 10.0. The summed E-state index contributed by atoms with van der Waals surface area (Å²) in [7, 11) is 0. The molecule has 0 aliphatic carbocycles. The van der Waals surface area contributed by atoms with E-state index in [1.807, 2.05) is 16.8 Å². The molecule has 19 heavy (non-hydrogen) atoms. The van der Waals surface area contributed by atoms with Gasteiger partial charge < -0.3 is 21.1 Å². The molecule has 1 unspecified atom stereocenters. The van der Waals surface area contributed by atoms with E-state index in [0.717, 1.165) is 5.56 Å². The average Bonchev–Trinajstić information content (AvgIpc) is 3.05. The fourth-order valence-electron chi connectivity index (χ4n) is 1.75. The van der Waals surface area contributed by atoms with E-state index in [2.05, 4.69) is 25.3 Å². The van der Waals surface area contributed by atoms with Crippen molar-refractivity contribution in [3.05, 3.63) is 28.7 Å². The Morgan fingerprint density at radius 1 is 1.47 bits per heavy atom. The van der Waals surface area contributed by atoms with Gasteiger partial charge in [0.05, 0.1) is 12.4 Å². The molecule has 0 radical (unpaired) electrons. The first-order chi connectivity index (χ1) is 9.24. The lowest BCUT2D eigenvalue weighted by atomic mass is 10.2. The number of nitrogen functional groups attached to an aromatic ring is 1. The Bertz CT molecular complexity index is 680. The number of aliphatic hydroxyl groups excluding tert-OH is 1. The molecular formula is C11H12N6OS. The van der Waals surface area contributed by atoms with Gasteiger partial charge in [0.25, 0.3) is 0 Å². The zero-order chi connectivity index (χ0) is 13.2. The van der Waals surface area contributed by atoms with E-state index in [1.165, 1.54) is 6.33 Å². The number of nitrogens with two attached hydrogens (primary N) is 1. The number of hydrogen-bond donors (Lipinski definition) is 4. The number of aliphatic hydroxyl groups is 1. The van der Waals surface area contributed by atoms with Crippen LogP contribution >= 0.6 is 11.3 Å². The summed E-state index contributed by atoms with van der Waals surface area (Å²) >= 11 is 1.55. The summed E-state index contributed by atoms with van der Waals surface area (Å²) < 4.78 is 0. The van der Waals surface area contributed by atoms with E-state index in [1.54, 1.807) is 11.3 Å². The van der Waals surface area contributed by atoms with Crippen LogP contribution in [0.2, 0.25) is 0 Å². The van der Waals surface area contributed by atoms with E-state index in [9.17, 15) is 5.11 Å². The van der Waals surface area contributed by atoms with Crippen molar-refractivity contribution >= 4 is 34.3 Å². The molecule has 0 saturated carbocycles. The molecule has 5 N–H and O–H groups in total. The number of nitrogens with one attached hydrogen (secondary N) is 2. The highest BCUT2D eigenvalue weighted by molar-refractivity contribution is 7.07.